The van der Waals surface area contributed by atoms with Crippen LogP contribution in [0.15, 0.2) is 30.3 Å². The van der Waals surface area contributed by atoms with E-state index >= 15 is 0 Å². The molecule has 1 unspecified atom stereocenters. The SMILES string of the molecule is CC(C)CCOC(C)C(=O)N(CC(=O)O)c1ccccc1. The van der Waals surface area contributed by atoms with Gasteiger partial charge in [0.1, 0.15) is 12.6 Å². The number of ether oxygens (including phenoxy) is 1. The van der Waals surface area contributed by atoms with E-state index in [-0.39, 0.29) is 12.5 Å². The lowest BCUT2D eigenvalue weighted by molar-refractivity contribution is -0.138. The topological polar surface area (TPSA) is 66.8 Å². The predicted molar refractivity (Wildman–Crippen MR) is 81.3 cm³/mol. The van der Waals surface area contributed by atoms with Crippen LogP contribution in [0.3, 0.4) is 0 Å². The van der Waals surface area contributed by atoms with Crippen LogP contribution in [0.2, 0.25) is 0 Å². The highest BCUT2D eigenvalue weighted by molar-refractivity contribution is 5.99. The molecule has 1 rings (SSSR count). The van der Waals surface area contributed by atoms with Crippen LogP contribution in [0.1, 0.15) is 27.2 Å². The minimum Gasteiger partial charge on any atom is -0.480 e. The third kappa shape index (κ3) is 5.95. The fourth-order valence-corrected chi connectivity index (χ4v) is 1.81. The molecule has 0 saturated heterocycles. The molecular formula is C16H23NO4. The molecule has 0 bridgehead atoms. The standard InChI is InChI=1S/C16H23NO4/c1-12(2)9-10-21-13(3)16(20)17(11-15(18)19)14-7-5-4-6-8-14/h4-8,12-13H,9-11H2,1-3H3,(H,18,19). The van der Waals surface area contributed by atoms with E-state index in [0.717, 1.165) is 6.42 Å². The van der Waals surface area contributed by atoms with E-state index in [0.29, 0.717) is 18.2 Å². The Balaban J connectivity index is 2.74. The molecule has 5 nitrogen and oxygen atoms in total. The van der Waals surface area contributed by atoms with Gasteiger partial charge in [-0.1, -0.05) is 32.0 Å². The van der Waals surface area contributed by atoms with E-state index in [1.165, 1.54) is 4.90 Å². The van der Waals surface area contributed by atoms with E-state index in [1.54, 1.807) is 31.2 Å². The van der Waals surface area contributed by atoms with Crippen molar-refractivity contribution >= 4 is 17.6 Å². The highest BCUT2D eigenvalue weighted by Gasteiger charge is 2.24. The molecule has 0 fully saturated rings. The number of hydrogen-bond donors (Lipinski definition) is 1. The zero-order valence-corrected chi connectivity index (χ0v) is 12.8. The summed E-state index contributed by atoms with van der Waals surface area (Å²) in [5, 5.41) is 8.99. The first-order valence-corrected chi connectivity index (χ1v) is 7.11. The van der Waals surface area contributed by atoms with Crippen molar-refractivity contribution < 1.29 is 19.4 Å². The number of nitrogens with zero attached hydrogens (tertiary/aromatic N) is 1. The molecule has 1 N–H and O–H groups in total. The number of para-hydroxylation sites is 1. The summed E-state index contributed by atoms with van der Waals surface area (Å²) >= 11 is 0. The number of rotatable bonds is 8. The van der Waals surface area contributed by atoms with Gasteiger partial charge in [-0.3, -0.25) is 14.5 Å². The Hall–Kier alpha value is -1.88. The van der Waals surface area contributed by atoms with Gasteiger partial charge in [0.05, 0.1) is 0 Å². The van der Waals surface area contributed by atoms with Crippen molar-refractivity contribution in [2.75, 3.05) is 18.1 Å². The molecule has 5 heteroatoms. The van der Waals surface area contributed by atoms with Gasteiger partial charge in [0.25, 0.3) is 5.91 Å². The number of aliphatic carboxylic acids is 1. The maximum absolute atomic E-state index is 12.4. The number of hydrogen-bond acceptors (Lipinski definition) is 3. The zero-order chi connectivity index (χ0) is 15.8. The minimum absolute atomic E-state index is 0.340. The van der Waals surface area contributed by atoms with Gasteiger partial charge < -0.3 is 9.84 Å². The van der Waals surface area contributed by atoms with E-state index in [2.05, 4.69) is 13.8 Å². The second-order valence-corrected chi connectivity index (χ2v) is 5.35. The van der Waals surface area contributed by atoms with Gasteiger partial charge in [0.15, 0.2) is 0 Å². The molecule has 0 aromatic heterocycles. The highest BCUT2D eigenvalue weighted by atomic mass is 16.5. The van der Waals surface area contributed by atoms with Crippen LogP contribution in [-0.4, -0.2) is 36.2 Å². The van der Waals surface area contributed by atoms with Crippen LogP contribution in [-0.2, 0) is 14.3 Å². The van der Waals surface area contributed by atoms with Crippen LogP contribution in [0.25, 0.3) is 0 Å². The van der Waals surface area contributed by atoms with Gasteiger partial charge in [0.2, 0.25) is 0 Å². The Bertz CT molecular complexity index is 459. The van der Waals surface area contributed by atoms with Crippen molar-refractivity contribution in [1.82, 2.24) is 0 Å². The average Bonchev–Trinajstić information content (AvgIpc) is 2.44. The minimum atomic E-state index is -1.05. The Kier molecular flexibility index (Phi) is 6.88. The molecule has 0 heterocycles. The van der Waals surface area contributed by atoms with E-state index < -0.39 is 12.1 Å². The number of carbonyl (C=O) groups is 2. The quantitative estimate of drug-likeness (QED) is 0.800. The van der Waals surface area contributed by atoms with Gasteiger partial charge >= 0.3 is 5.97 Å². The lowest BCUT2D eigenvalue weighted by Gasteiger charge is -2.24. The third-order valence-electron chi connectivity index (χ3n) is 3.04. The smallest absolute Gasteiger partial charge is 0.323 e. The molecule has 0 aliphatic heterocycles. The molecule has 1 amide bonds. The normalized spacial score (nSPS) is 12.2. The number of carbonyl (C=O) groups excluding carboxylic acids is 1. The summed E-state index contributed by atoms with van der Waals surface area (Å²) in [6.45, 7) is 5.93. The van der Waals surface area contributed by atoms with Gasteiger partial charge in [-0.25, -0.2) is 0 Å². The van der Waals surface area contributed by atoms with Gasteiger partial charge in [-0.05, 0) is 31.4 Å². The summed E-state index contributed by atoms with van der Waals surface area (Å²) in [4.78, 5) is 24.6. The summed E-state index contributed by atoms with van der Waals surface area (Å²) in [5.41, 5.74) is 0.559. The van der Waals surface area contributed by atoms with Gasteiger partial charge in [-0.2, -0.15) is 0 Å². The molecule has 0 radical (unpaired) electrons. The van der Waals surface area contributed by atoms with Crippen LogP contribution < -0.4 is 4.90 Å². The van der Waals surface area contributed by atoms with Crippen molar-refractivity contribution in [2.45, 2.75) is 33.3 Å². The molecule has 21 heavy (non-hydrogen) atoms. The molecule has 0 spiro atoms. The highest BCUT2D eigenvalue weighted by Crippen LogP contribution is 2.15. The van der Waals surface area contributed by atoms with E-state index in [1.807, 2.05) is 6.07 Å². The first kappa shape index (κ1) is 17.2. The second kappa shape index (κ2) is 8.42. The lowest BCUT2D eigenvalue weighted by Crippen LogP contribution is -2.42. The Morgan fingerprint density at radius 3 is 2.33 bits per heavy atom. The number of anilines is 1. The maximum Gasteiger partial charge on any atom is 0.323 e. The van der Waals surface area contributed by atoms with Gasteiger partial charge in [0, 0.05) is 12.3 Å². The molecule has 1 aromatic rings. The molecular weight excluding hydrogens is 270 g/mol. The first-order valence-electron chi connectivity index (χ1n) is 7.11. The van der Waals surface area contributed by atoms with Crippen LogP contribution >= 0.6 is 0 Å². The van der Waals surface area contributed by atoms with E-state index in [4.69, 9.17) is 9.84 Å². The van der Waals surface area contributed by atoms with Crippen molar-refractivity contribution in [2.24, 2.45) is 5.92 Å². The van der Waals surface area contributed by atoms with Crippen molar-refractivity contribution in [3.8, 4) is 0 Å². The maximum atomic E-state index is 12.4. The molecule has 1 aromatic carbocycles. The number of benzene rings is 1. The monoisotopic (exact) mass is 293 g/mol. The second-order valence-electron chi connectivity index (χ2n) is 5.35. The molecule has 0 aliphatic carbocycles. The summed E-state index contributed by atoms with van der Waals surface area (Å²) in [5.74, 6) is -0.898. The van der Waals surface area contributed by atoms with Crippen molar-refractivity contribution in [1.29, 1.82) is 0 Å². The third-order valence-corrected chi connectivity index (χ3v) is 3.04. The summed E-state index contributed by atoms with van der Waals surface area (Å²) in [6, 6.07) is 8.77. The number of carboxylic acids is 1. The summed E-state index contributed by atoms with van der Waals surface area (Å²) < 4.78 is 5.51. The van der Waals surface area contributed by atoms with Crippen molar-refractivity contribution in [3.63, 3.8) is 0 Å². The fraction of sp³-hybridized carbons (Fsp3) is 0.500. The van der Waals surface area contributed by atoms with Crippen LogP contribution in [0, 0.1) is 5.92 Å². The summed E-state index contributed by atoms with van der Waals surface area (Å²) in [7, 11) is 0. The lowest BCUT2D eigenvalue weighted by atomic mass is 10.1. The Morgan fingerprint density at radius 1 is 1.19 bits per heavy atom. The van der Waals surface area contributed by atoms with E-state index in [9.17, 15) is 9.59 Å². The zero-order valence-electron chi connectivity index (χ0n) is 12.8. The molecule has 0 aliphatic rings. The predicted octanol–water partition coefficient (Wildman–Crippen LogP) is 2.56. The van der Waals surface area contributed by atoms with Crippen LogP contribution in [0.4, 0.5) is 5.69 Å². The number of amides is 1. The fourth-order valence-electron chi connectivity index (χ4n) is 1.81. The molecule has 116 valence electrons. The Morgan fingerprint density at radius 2 is 1.81 bits per heavy atom. The van der Waals surface area contributed by atoms with Crippen LogP contribution in [0.5, 0.6) is 0 Å². The first-order chi connectivity index (χ1) is 9.91. The van der Waals surface area contributed by atoms with Gasteiger partial charge in [-0.15, -0.1) is 0 Å². The summed E-state index contributed by atoms with van der Waals surface area (Å²) in [6.07, 6.45) is 0.199. The Labute approximate surface area is 125 Å². The average molecular weight is 293 g/mol. The largest absolute Gasteiger partial charge is 0.480 e. The number of carboxylic acid groups (broad SMARTS) is 1. The molecule has 1 atom stereocenters. The molecule has 0 saturated carbocycles. The van der Waals surface area contributed by atoms with Crippen molar-refractivity contribution in [3.05, 3.63) is 30.3 Å².